The van der Waals surface area contributed by atoms with E-state index in [2.05, 4.69) is 11.9 Å². The minimum atomic E-state index is 1.03. The number of nitrogens with zero attached hydrogens (tertiary/aromatic N) is 1. The molecule has 9 heavy (non-hydrogen) atoms. The largest absolute Gasteiger partial charge is 0.254 e. The van der Waals surface area contributed by atoms with Gasteiger partial charge in [0.15, 0.2) is 0 Å². The summed E-state index contributed by atoms with van der Waals surface area (Å²) in [6, 6.07) is 0. The highest BCUT2D eigenvalue weighted by Crippen LogP contribution is 1.99. The highest BCUT2D eigenvalue weighted by molar-refractivity contribution is 5.93. The summed E-state index contributed by atoms with van der Waals surface area (Å²) in [5, 5.41) is 0. The molecule has 0 bridgehead atoms. The molecule has 0 unspecified atom stereocenters. The summed E-state index contributed by atoms with van der Waals surface area (Å²) in [7, 11) is 0. The number of hydrogen-bond acceptors (Lipinski definition) is 1. The Morgan fingerprint density at radius 1 is 1.56 bits per heavy atom. The highest BCUT2D eigenvalue weighted by atomic mass is 14.7. The summed E-state index contributed by atoms with van der Waals surface area (Å²) in [4.78, 5) is 4.29. The molecule has 1 rings (SSSR count). The van der Waals surface area contributed by atoms with Gasteiger partial charge < -0.3 is 0 Å². The van der Waals surface area contributed by atoms with Crippen molar-refractivity contribution in [3.05, 3.63) is 23.9 Å². The first-order chi connectivity index (χ1) is 4.33. The first-order valence-electron chi connectivity index (χ1n) is 3.25. The van der Waals surface area contributed by atoms with Gasteiger partial charge in [-0.05, 0) is 6.08 Å². The lowest BCUT2D eigenvalue weighted by Gasteiger charge is -1.85. The quantitative estimate of drug-likeness (QED) is 0.501. The van der Waals surface area contributed by atoms with Crippen molar-refractivity contribution in [1.29, 1.82) is 0 Å². The van der Waals surface area contributed by atoms with Gasteiger partial charge in [-0.25, -0.2) is 0 Å². The molecule has 0 saturated heterocycles. The average molecular weight is 121 g/mol. The molecular formula is C8H11N+. The molecule has 0 N–H and O–H groups in total. The molecular weight excluding hydrogens is 110 g/mol. The van der Waals surface area contributed by atoms with Gasteiger partial charge in [0.25, 0.3) is 11.4 Å². The van der Waals surface area contributed by atoms with Crippen LogP contribution in [0.25, 0.3) is 0 Å². The lowest BCUT2D eigenvalue weighted by atomic mass is 10.2. The van der Waals surface area contributed by atoms with E-state index in [0.29, 0.717) is 0 Å². The Morgan fingerprint density at radius 3 is 2.78 bits per heavy atom. The van der Waals surface area contributed by atoms with Crippen LogP contribution >= 0.6 is 0 Å². The molecule has 1 aliphatic rings. The summed E-state index contributed by atoms with van der Waals surface area (Å²) in [5.74, 6) is 0. The zero-order valence-corrected chi connectivity index (χ0v) is 5.89. The van der Waals surface area contributed by atoms with Gasteiger partial charge in [0.2, 0.25) is 0 Å². The van der Waals surface area contributed by atoms with Gasteiger partial charge in [0.05, 0.1) is 4.99 Å². The molecule has 0 aromatic carbocycles. The number of rotatable bonds is 1. The van der Waals surface area contributed by atoms with Crippen molar-refractivity contribution in [2.45, 2.75) is 20.3 Å². The third kappa shape index (κ3) is 1.53. The number of aliphatic imine (C=N–C) groups is 1. The van der Waals surface area contributed by atoms with Crippen molar-refractivity contribution in [2.24, 2.45) is 0 Å². The fourth-order valence-corrected chi connectivity index (χ4v) is 0.796. The molecule has 1 nitrogen and oxygen atoms in total. The lowest BCUT2D eigenvalue weighted by Crippen LogP contribution is -2.02. The summed E-state index contributed by atoms with van der Waals surface area (Å²) in [5.41, 5.74) is 2.28. The minimum absolute atomic E-state index is 1.03. The third-order valence-electron chi connectivity index (χ3n) is 1.31. The van der Waals surface area contributed by atoms with Crippen molar-refractivity contribution in [3.8, 4) is 0 Å². The van der Waals surface area contributed by atoms with Crippen molar-refractivity contribution >= 4 is 5.71 Å². The van der Waals surface area contributed by atoms with E-state index < -0.39 is 0 Å². The number of allylic oxidation sites excluding steroid dienone is 4. The van der Waals surface area contributed by atoms with Crippen LogP contribution in [0, 0.1) is 0 Å². The Kier molecular flexibility index (Phi) is 1.83. The first-order valence-corrected chi connectivity index (χ1v) is 3.25. The van der Waals surface area contributed by atoms with E-state index in [1.54, 1.807) is 0 Å². The molecule has 0 atom stereocenters. The fourth-order valence-electron chi connectivity index (χ4n) is 0.796. The van der Waals surface area contributed by atoms with Gasteiger partial charge in [0.1, 0.15) is 0 Å². The molecule has 0 aromatic heterocycles. The van der Waals surface area contributed by atoms with Gasteiger partial charge in [0, 0.05) is 25.5 Å². The van der Waals surface area contributed by atoms with Crippen LogP contribution in [0.3, 0.4) is 0 Å². The molecule has 1 aliphatic heterocycles. The zero-order chi connectivity index (χ0) is 6.69. The van der Waals surface area contributed by atoms with Crippen molar-refractivity contribution in [1.82, 2.24) is 4.99 Å². The second-order valence-electron chi connectivity index (χ2n) is 2.12. The summed E-state index contributed by atoms with van der Waals surface area (Å²) in [6.45, 7) is 4.13. The van der Waals surface area contributed by atoms with Crippen LogP contribution < -0.4 is 4.99 Å². The lowest BCUT2D eigenvalue weighted by molar-refractivity contribution is 1.00. The van der Waals surface area contributed by atoms with Crippen molar-refractivity contribution < 1.29 is 0 Å². The maximum Gasteiger partial charge on any atom is 0.254 e. The van der Waals surface area contributed by atoms with Crippen LogP contribution in [0.2, 0.25) is 0 Å². The second-order valence-corrected chi connectivity index (χ2v) is 2.12. The van der Waals surface area contributed by atoms with Gasteiger partial charge >= 0.3 is 0 Å². The third-order valence-corrected chi connectivity index (χ3v) is 1.31. The minimum Gasteiger partial charge on any atom is -0.0552 e. The van der Waals surface area contributed by atoms with Crippen LogP contribution in [-0.4, -0.2) is 5.71 Å². The van der Waals surface area contributed by atoms with Gasteiger partial charge in [-0.2, -0.15) is 0 Å². The Bertz CT molecular complexity index is 185. The van der Waals surface area contributed by atoms with Crippen LogP contribution in [0.5, 0.6) is 0 Å². The Labute approximate surface area is 55.8 Å². The Morgan fingerprint density at radius 2 is 2.33 bits per heavy atom. The standard InChI is InChI=1S/C8H11N/c1-3-8-6-4-5-7(2)9-8/h4-6H,3H2,1-2H3/q+1. The Balaban J connectivity index is 2.78. The van der Waals surface area contributed by atoms with E-state index in [4.69, 9.17) is 0 Å². The predicted octanol–water partition coefficient (Wildman–Crippen LogP) is 1.65. The zero-order valence-electron chi connectivity index (χ0n) is 5.89. The van der Waals surface area contributed by atoms with Crippen molar-refractivity contribution in [2.75, 3.05) is 0 Å². The molecule has 1 heteroatoms. The first kappa shape index (κ1) is 6.27. The summed E-state index contributed by atoms with van der Waals surface area (Å²) >= 11 is 0. The SMILES string of the molecule is CCC1=CC=CC(C)=[N+]1. The smallest absolute Gasteiger partial charge is 0.0552 e. The van der Waals surface area contributed by atoms with Crippen molar-refractivity contribution in [3.63, 3.8) is 0 Å². The molecule has 0 fully saturated rings. The molecule has 0 aromatic rings. The van der Waals surface area contributed by atoms with E-state index >= 15 is 0 Å². The molecule has 47 valence electrons. The molecule has 0 aliphatic carbocycles. The van der Waals surface area contributed by atoms with Gasteiger partial charge in [-0.1, -0.05) is 6.92 Å². The van der Waals surface area contributed by atoms with E-state index in [-0.39, 0.29) is 0 Å². The average Bonchev–Trinajstić information content (AvgIpc) is 1.88. The molecule has 0 saturated carbocycles. The van der Waals surface area contributed by atoms with Crippen LogP contribution in [0.1, 0.15) is 20.3 Å². The summed E-state index contributed by atoms with van der Waals surface area (Å²) in [6.07, 6.45) is 7.13. The summed E-state index contributed by atoms with van der Waals surface area (Å²) < 4.78 is 0. The second kappa shape index (κ2) is 2.62. The monoisotopic (exact) mass is 121 g/mol. The van der Waals surface area contributed by atoms with E-state index in [0.717, 1.165) is 12.1 Å². The van der Waals surface area contributed by atoms with Gasteiger partial charge in [-0.15, -0.1) is 0 Å². The maximum absolute atomic E-state index is 4.29. The highest BCUT2D eigenvalue weighted by Gasteiger charge is 2.08. The molecule has 1 heterocycles. The van der Waals surface area contributed by atoms with Crippen LogP contribution in [0.15, 0.2) is 23.9 Å². The topological polar surface area (TPSA) is 14.1 Å². The van der Waals surface area contributed by atoms with Crippen LogP contribution in [-0.2, 0) is 0 Å². The number of hydrogen-bond donors (Lipinski definition) is 0. The van der Waals surface area contributed by atoms with E-state index in [1.165, 1.54) is 5.70 Å². The van der Waals surface area contributed by atoms with E-state index in [9.17, 15) is 0 Å². The molecule has 0 spiro atoms. The Hall–Kier alpha value is -0.850. The van der Waals surface area contributed by atoms with E-state index in [1.807, 2.05) is 25.2 Å². The molecule has 0 amide bonds. The van der Waals surface area contributed by atoms with Gasteiger partial charge in [-0.3, -0.25) is 0 Å². The molecule has 1 radical (unpaired) electrons. The fraction of sp³-hybridized carbons (Fsp3) is 0.375. The van der Waals surface area contributed by atoms with Crippen LogP contribution in [0.4, 0.5) is 0 Å². The maximum atomic E-state index is 4.29. The predicted molar refractivity (Wildman–Crippen MR) is 40.3 cm³/mol. The normalized spacial score (nSPS) is 17.1.